The van der Waals surface area contributed by atoms with Crippen LogP contribution in [0.5, 0.6) is 11.5 Å². The van der Waals surface area contributed by atoms with Crippen molar-refractivity contribution in [2.75, 3.05) is 13.2 Å². The summed E-state index contributed by atoms with van der Waals surface area (Å²) in [5.41, 5.74) is 0.905. The Morgan fingerprint density at radius 3 is 3.00 bits per heavy atom. The molecule has 2 N–H and O–H groups in total. The first-order valence-electron chi connectivity index (χ1n) is 5.59. The molecule has 0 radical (unpaired) electrons. The van der Waals surface area contributed by atoms with E-state index in [1.54, 1.807) is 18.2 Å². The summed E-state index contributed by atoms with van der Waals surface area (Å²) in [5.74, 6) is 0.541. The fourth-order valence-electron chi connectivity index (χ4n) is 1.79. The monoisotopic (exact) mass is 273 g/mol. The van der Waals surface area contributed by atoms with Crippen LogP contribution in [-0.4, -0.2) is 24.4 Å². The number of carbonyl (C=O) groups is 1. The number of benzene rings is 1. The molecular formula is C12H16ClNO4. The lowest BCUT2D eigenvalue weighted by atomic mass is 10.0. The normalized spacial score (nSPS) is 18.3. The number of nitrogens with one attached hydrogen (secondary N) is 1. The SMILES string of the molecule is CCOc1cc([C@H]2CCOC(=O)N2)ccc1O.Cl. The van der Waals surface area contributed by atoms with Crippen LogP contribution in [0.1, 0.15) is 24.9 Å². The lowest BCUT2D eigenvalue weighted by Crippen LogP contribution is -2.35. The summed E-state index contributed by atoms with van der Waals surface area (Å²) >= 11 is 0. The third kappa shape index (κ3) is 3.20. The van der Waals surface area contributed by atoms with E-state index in [-0.39, 0.29) is 24.2 Å². The molecular weight excluding hydrogens is 258 g/mol. The highest BCUT2D eigenvalue weighted by Gasteiger charge is 2.21. The smallest absolute Gasteiger partial charge is 0.407 e. The number of amides is 1. The minimum absolute atomic E-state index is 0. The summed E-state index contributed by atoms with van der Waals surface area (Å²) in [6.07, 6.45) is 0.300. The van der Waals surface area contributed by atoms with E-state index in [9.17, 15) is 9.90 Å². The third-order valence-electron chi connectivity index (χ3n) is 2.62. The van der Waals surface area contributed by atoms with Crippen molar-refractivity contribution in [3.63, 3.8) is 0 Å². The lowest BCUT2D eigenvalue weighted by Gasteiger charge is -2.24. The number of phenolic OH excluding ortho intramolecular Hbond substituents is 1. The highest BCUT2D eigenvalue weighted by molar-refractivity contribution is 5.85. The van der Waals surface area contributed by atoms with Crippen molar-refractivity contribution in [1.29, 1.82) is 0 Å². The van der Waals surface area contributed by atoms with Crippen LogP contribution < -0.4 is 10.1 Å². The molecule has 0 saturated carbocycles. The molecule has 1 amide bonds. The van der Waals surface area contributed by atoms with Gasteiger partial charge in [0, 0.05) is 6.42 Å². The third-order valence-corrected chi connectivity index (χ3v) is 2.62. The van der Waals surface area contributed by atoms with Gasteiger partial charge in [0.1, 0.15) is 0 Å². The molecule has 0 aromatic heterocycles. The number of halogens is 1. The Kier molecular flexibility index (Phi) is 5.09. The number of cyclic esters (lactones) is 1. The lowest BCUT2D eigenvalue weighted by molar-refractivity contribution is 0.115. The van der Waals surface area contributed by atoms with Gasteiger partial charge in [-0.25, -0.2) is 4.79 Å². The van der Waals surface area contributed by atoms with Crippen molar-refractivity contribution in [3.8, 4) is 11.5 Å². The molecule has 5 nitrogen and oxygen atoms in total. The quantitative estimate of drug-likeness (QED) is 0.887. The van der Waals surface area contributed by atoms with Crippen molar-refractivity contribution in [1.82, 2.24) is 5.32 Å². The van der Waals surface area contributed by atoms with Gasteiger partial charge in [-0.3, -0.25) is 0 Å². The maximum atomic E-state index is 11.1. The molecule has 2 rings (SSSR count). The van der Waals surface area contributed by atoms with Gasteiger partial charge in [-0.15, -0.1) is 12.4 Å². The van der Waals surface area contributed by atoms with Crippen LogP contribution in [0, 0.1) is 0 Å². The fourth-order valence-corrected chi connectivity index (χ4v) is 1.79. The van der Waals surface area contributed by atoms with E-state index in [1.165, 1.54) is 0 Å². The number of phenols is 1. The van der Waals surface area contributed by atoms with E-state index in [2.05, 4.69) is 5.32 Å². The summed E-state index contributed by atoms with van der Waals surface area (Å²) in [5, 5.41) is 12.3. The zero-order valence-electron chi connectivity index (χ0n) is 10.0. The molecule has 0 spiro atoms. The van der Waals surface area contributed by atoms with Crippen molar-refractivity contribution < 1.29 is 19.4 Å². The number of hydrogen-bond acceptors (Lipinski definition) is 4. The molecule has 1 heterocycles. The average molecular weight is 274 g/mol. The number of aromatic hydroxyl groups is 1. The van der Waals surface area contributed by atoms with Gasteiger partial charge >= 0.3 is 6.09 Å². The van der Waals surface area contributed by atoms with Crippen LogP contribution in [0.25, 0.3) is 0 Å². The van der Waals surface area contributed by atoms with Crippen LogP contribution >= 0.6 is 12.4 Å². The molecule has 0 unspecified atom stereocenters. The first kappa shape index (κ1) is 14.4. The molecule has 18 heavy (non-hydrogen) atoms. The maximum absolute atomic E-state index is 11.1. The van der Waals surface area contributed by atoms with E-state index >= 15 is 0 Å². The predicted molar refractivity (Wildman–Crippen MR) is 68.4 cm³/mol. The molecule has 6 heteroatoms. The number of ether oxygens (including phenoxy) is 2. The predicted octanol–water partition coefficient (Wildman–Crippen LogP) is 2.38. The standard InChI is InChI=1S/C12H15NO4.ClH/c1-2-16-11-7-8(3-4-10(11)14)9-5-6-17-12(15)13-9;/h3-4,7,9,14H,2,5-6H2,1H3,(H,13,15);1H/t9-;/m1./s1. The van der Waals surface area contributed by atoms with Gasteiger partial charge in [0.25, 0.3) is 0 Å². The average Bonchev–Trinajstić information content (AvgIpc) is 2.32. The molecule has 1 aliphatic heterocycles. The molecule has 1 aromatic carbocycles. The second-order valence-electron chi connectivity index (χ2n) is 3.78. The van der Waals surface area contributed by atoms with Crippen molar-refractivity contribution >= 4 is 18.5 Å². The zero-order chi connectivity index (χ0) is 12.3. The molecule has 1 fully saturated rings. The molecule has 0 bridgehead atoms. The number of alkyl carbamates (subject to hydrolysis) is 1. The van der Waals surface area contributed by atoms with Crippen LogP contribution in [0.15, 0.2) is 18.2 Å². The molecule has 0 aliphatic carbocycles. The second-order valence-corrected chi connectivity index (χ2v) is 3.78. The Balaban J connectivity index is 0.00000162. The van der Waals surface area contributed by atoms with Gasteiger partial charge in [0.2, 0.25) is 0 Å². The summed E-state index contributed by atoms with van der Waals surface area (Å²) in [7, 11) is 0. The van der Waals surface area contributed by atoms with Crippen LogP contribution in [0.2, 0.25) is 0 Å². The highest BCUT2D eigenvalue weighted by Crippen LogP contribution is 2.31. The topological polar surface area (TPSA) is 67.8 Å². The van der Waals surface area contributed by atoms with E-state index < -0.39 is 6.09 Å². The van der Waals surface area contributed by atoms with Gasteiger partial charge in [0.15, 0.2) is 11.5 Å². The Hall–Kier alpha value is -1.62. The van der Waals surface area contributed by atoms with Gasteiger partial charge in [-0.2, -0.15) is 0 Å². The van der Waals surface area contributed by atoms with Gasteiger partial charge in [0.05, 0.1) is 19.3 Å². The summed E-state index contributed by atoms with van der Waals surface area (Å²) < 4.78 is 10.1. The Bertz CT molecular complexity index is 425. The van der Waals surface area contributed by atoms with Crippen molar-refractivity contribution in [2.24, 2.45) is 0 Å². The van der Waals surface area contributed by atoms with Crippen LogP contribution in [0.3, 0.4) is 0 Å². The van der Waals surface area contributed by atoms with Crippen LogP contribution in [0.4, 0.5) is 4.79 Å². The molecule has 1 aliphatic rings. The Morgan fingerprint density at radius 2 is 2.33 bits per heavy atom. The second kappa shape index (κ2) is 6.35. The first-order chi connectivity index (χ1) is 8.20. The Labute approximate surface area is 112 Å². The van der Waals surface area contributed by atoms with Crippen molar-refractivity contribution in [2.45, 2.75) is 19.4 Å². The van der Waals surface area contributed by atoms with E-state index in [1.807, 2.05) is 6.92 Å². The maximum Gasteiger partial charge on any atom is 0.407 e. The van der Waals surface area contributed by atoms with E-state index in [0.29, 0.717) is 25.4 Å². The molecule has 100 valence electrons. The van der Waals surface area contributed by atoms with E-state index in [4.69, 9.17) is 9.47 Å². The number of carbonyl (C=O) groups excluding carboxylic acids is 1. The minimum atomic E-state index is -0.410. The molecule has 1 aromatic rings. The zero-order valence-corrected chi connectivity index (χ0v) is 10.8. The summed E-state index contributed by atoms with van der Waals surface area (Å²) in [4.78, 5) is 11.1. The van der Waals surface area contributed by atoms with Crippen molar-refractivity contribution in [3.05, 3.63) is 23.8 Å². The van der Waals surface area contributed by atoms with E-state index in [0.717, 1.165) is 5.56 Å². The number of rotatable bonds is 3. The van der Waals surface area contributed by atoms with Gasteiger partial charge in [-0.1, -0.05) is 6.07 Å². The molecule has 1 saturated heterocycles. The summed E-state index contributed by atoms with van der Waals surface area (Å²) in [6, 6.07) is 5.00. The number of hydrogen-bond donors (Lipinski definition) is 2. The molecule has 1 atom stereocenters. The fraction of sp³-hybridized carbons (Fsp3) is 0.417. The first-order valence-corrected chi connectivity index (χ1v) is 5.59. The summed E-state index contributed by atoms with van der Waals surface area (Å²) in [6.45, 7) is 2.74. The minimum Gasteiger partial charge on any atom is -0.504 e. The Morgan fingerprint density at radius 1 is 1.56 bits per heavy atom. The van der Waals surface area contributed by atoms with Crippen LogP contribution in [-0.2, 0) is 4.74 Å². The largest absolute Gasteiger partial charge is 0.504 e. The van der Waals surface area contributed by atoms with Gasteiger partial charge in [-0.05, 0) is 24.6 Å². The highest BCUT2D eigenvalue weighted by atomic mass is 35.5. The van der Waals surface area contributed by atoms with Gasteiger partial charge < -0.3 is 19.9 Å².